The van der Waals surface area contributed by atoms with Crippen molar-refractivity contribution in [1.82, 2.24) is 5.32 Å². The summed E-state index contributed by atoms with van der Waals surface area (Å²) in [4.78, 5) is 39.8. The van der Waals surface area contributed by atoms with Crippen LogP contribution < -0.4 is 15.5 Å². The summed E-state index contributed by atoms with van der Waals surface area (Å²) in [6.45, 7) is 10.9. The summed E-state index contributed by atoms with van der Waals surface area (Å²) >= 11 is 0. The molecular weight excluding hydrogens is 457 g/mol. The van der Waals surface area contributed by atoms with Crippen LogP contribution in [-0.2, 0) is 25.2 Å². The van der Waals surface area contributed by atoms with Crippen molar-refractivity contribution in [3.8, 4) is 0 Å². The first-order valence-corrected chi connectivity index (χ1v) is 12.4. The predicted octanol–water partition coefficient (Wildman–Crippen LogP) is 3.47. The van der Waals surface area contributed by atoms with Gasteiger partial charge in [-0.3, -0.25) is 23.5 Å². The molecule has 7 nitrogen and oxygen atoms in total. The van der Waals surface area contributed by atoms with Gasteiger partial charge in [-0.2, -0.15) is 0 Å². The van der Waals surface area contributed by atoms with Crippen LogP contribution in [0, 0.1) is 19.7 Å². The lowest BCUT2D eigenvalue weighted by molar-refractivity contribution is -0.126. The molecule has 0 heterocycles. The molecule has 9 heteroatoms. The second-order valence-electron chi connectivity index (χ2n) is 9.25. The van der Waals surface area contributed by atoms with Crippen LogP contribution in [0.15, 0.2) is 42.5 Å². The lowest BCUT2D eigenvalue weighted by Crippen LogP contribution is -2.54. The Labute approximate surface area is 202 Å². The van der Waals surface area contributed by atoms with Gasteiger partial charge in [0.15, 0.2) is 0 Å². The van der Waals surface area contributed by atoms with Gasteiger partial charge >= 0.3 is 0 Å². The van der Waals surface area contributed by atoms with E-state index < -0.39 is 51.5 Å². The maximum atomic E-state index is 13.3. The molecular formula is C25H32FN3O4S. The van der Waals surface area contributed by atoms with E-state index in [2.05, 4.69) is 10.6 Å². The van der Waals surface area contributed by atoms with Crippen LogP contribution in [0.2, 0.25) is 0 Å². The number of rotatable bonds is 8. The van der Waals surface area contributed by atoms with E-state index in [4.69, 9.17) is 0 Å². The highest BCUT2D eigenvalue weighted by Crippen LogP contribution is 2.25. The summed E-state index contributed by atoms with van der Waals surface area (Å²) in [6.07, 6.45) is 0. The van der Waals surface area contributed by atoms with Crippen molar-refractivity contribution in [2.45, 2.75) is 53.1 Å². The fourth-order valence-corrected chi connectivity index (χ4v) is 4.15. The summed E-state index contributed by atoms with van der Waals surface area (Å²) in [6, 6.07) is 9.87. The van der Waals surface area contributed by atoms with E-state index in [9.17, 15) is 23.0 Å². The lowest BCUT2D eigenvalue weighted by atomic mass is 10.1. The molecule has 0 saturated carbocycles. The summed E-state index contributed by atoms with van der Waals surface area (Å²) in [5.41, 5.74) is 2.10. The van der Waals surface area contributed by atoms with E-state index in [1.54, 1.807) is 13.0 Å². The molecule has 0 aliphatic rings. The van der Waals surface area contributed by atoms with E-state index in [-0.39, 0.29) is 5.91 Å². The first-order valence-electron chi connectivity index (χ1n) is 10.9. The molecule has 0 aliphatic heterocycles. The molecule has 2 aromatic carbocycles. The smallest absolute Gasteiger partial charge is 0.243 e. The lowest BCUT2D eigenvalue weighted by Gasteiger charge is -2.32. The van der Waals surface area contributed by atoms with E-state index >= 15 is 0 Å². The summed E-state index contributed by atoms with van der Waals surface area (Å²) in [7, 11) is -1.82. The summed E-state index contributed by atoms with van der Waals surface area (Å²) < 4.78 is 25.7. The maximum Gasteiger partial charge on any atom is 0.243 e. The summed E-state index contributed by atoms with van der Waals surface area (Å²) in [5, 5.41) is 5.41. The van der Waals surface area contributed by atoms with Crippen molar-refractivity contribution in [2.24, 2.45) is 0 Å². The maximum absolute atomic E-state index is 13.3. The zero-order valence-electron chi connectivity index (χ0n) is 20.4. The number of anilines is 2. The van der Waals surface area contributed by atoms with Crippen LogP contribution in [-0.4, -0.2) is 45.0 Å². The van der Waals surface area contributed by atoms with Crippen molar-refractivity contribution in [3.63, 3.8) is 0 Å². The van der Waals surface area contributed by atoms with Gasteiger partial charge < -0.3 is 10.6 Å². The highest BCUT2D eigenvalue weighted by molar-refractivity contribution is 7.86. The number of benzene rings is 2. The molecule has 2 N–H and O–H groups in total. The Kier molecular flexibility index (Phi) is 9.09. The highest BCUT2D eigenvalue weighted by atomic mass is 32.2. The highest BCUT2D eigenvalue weighted by Gasteiger charge is 2.31. The Morgan fingerprint density at radius 3 is 2.24 bits per heavy atom. The SMILES string of the molecule is Cc1ccc(C)c(N(C(=O)CS(=O)CC(=O)Nc2ccc(F)cc2)C(C)C(=O)NC(C)(C)C)c1. The Hall–Kier alpha value is -3.07. The number of carbonyl (C=O) groups is 3. The normalized spacial score (nSPS) is 13.0. The molecule has 0 fully saturated rings. The van der Waals surface area contributed by atoms with E-state index in [1.807, 2.05) is 46.8 Å². The van der Waals surface area contributed by atoms with Gasteiger partial charge in [0.1, 0.15) is 23.4 Å². The Morgan fingerprint density at radius 2 is 1.65 bits per heavy atom. The minimum Gasteiger partial charge on any atom is -0.350 e. The van der Waals surface area contributed by atoms with Crippen LogP contribution in [0.1, 0.15) is 38.8 Å². The van der Waals surface area contributed by atoms with Crippen molar-refractivity contribution < 1.29 is 23.0 Å². The van der Waals surface area contributed by atoms with Crippen molar-refractivity contribution in [2.75, 3.05) is 21.7 Å². The fourth-order valence-electron chi connectivity index (χ4n) is 3.26. The molecule has 2 rings (SSSR count). The molecule has 3 amide bonds. The van der Waals surface area contributed by atoms with Gasteiger partial charge in [-0.25, -0.2) is 4.39 Å². The average Bonchev–Trinajstić information content (AvgIpc) is 2.70. The number of aryl methyl sites for hydroxylation is 2. The molecule has 0 saturated heterocycles. The third-order valence-electron chi connectivity index (χ3n) is 4.86. The first kappa shape index (κ1) is 27.2. The Balaban J connectivity index is 2.19. The Morgan fingerprint density at radius 1 is 1.03 bits per heavy atom. The monoisotopic (exact) mass is 489 g/mol. The van der Waals surface area contributed by atoms with Crippen molar-refractivity contribution >= 4 is 39.9 Å². The van der Waals surface area contributed by atoms with Crippen LogP contribution in [0.3, 0.4) is 0 Å². The standard InChI is InChI=1S/C25H32FN3O4S/c1-16-7-8-17(2)21(13-16)29(18(3)24(32)28-25(4,5)6)23(31)15-34(33)14-22(30)27-20-11-9-19(26)10-12-20/h7-13,18H,14-15H2,1-6H3,(H,27,30)(H,28,32). The number of halogens is 1. The van der Waals surface area contributed by atoms with Gasteiger partial charge in [0, 0.05) is 27.7 Å². The van der Waals surface area contributed by atoms with Gasteiger partial charge in [0.2, 0.25) is 17.7 Å². The zero-order chi connectivity index (χ0) is 25.6. The van der Waals surface area contributed by atoms with E-state index in [1.165, 1.54) is 29.2 Å². The number of carbonyl (C=O) groups excluding carboxylic acids is 3. The minimum atomic E-state index is -1.82. The molecule has 34 heavy (non-hydrogen) atoms. The second-order valence-corrected chi connectivity index (χ2v) is 10.7. The van der Waals surface area contributed by atoms with Crippen molar-refractivity contribution in [3.05, 3.63) is 59.4 Å². The number of amides is 3. The predicted molar refractivity (Wildman–Crippen MR) is 134 cm³/mol. The molecule has 0 radical (unpaired) electrons. The quantitative estimate of drug-likeness (QED) is 0.594. The number of hydrogen-bond donors (Lipinski definition) is 2. The largest absolute Gasteiger partial charge is 0.350 e. The number of nitrogens with zero attached hydrogens (tertiary/aromatic N) is 1. The van der Waals surface area contributed by atoms with Gasteiger partial charge in [-0.1, -0.05) is 12.1 Å². The van der Waals surface area contributed by atoms with Crippen LogP contribution >= 0.6 is 0 Å². The van der Waals surface area contributed by atoms with Gasteiger partial charge in [-0.15, -0.1) is 0 Å². The average molecular weight is 490 g/mol. The second kappa shape index (κ2) is 11.4. The molecule has 2 aromatic rings. The van der Waals surface area contributed by atoms with E-state index in [0.29, 0.717) is 11.4 Å². The van der Waals surface area contributed by atoms with Crippen LogP contribution in [0.25, 0.3) is 0 Å². The number of nitrogens with one attached hydrogen (secondary N) is 2. The fraction of sp³-hybridized carbons (Fsp3) is 0.400. The van der Waals surface area contributed by atoms with Gasteiger partial charge in [0.05, 0.1) is 0 Å². The topological polar surface area (TPSA) is 95.6 Å². The van der Waals surface area contributed by atoms with E-state index in [0.717, 1.165) is 11.1 Å². The molecule has 0 bridgehead atoms. The summed E-state index contributed by atoms with van der Waals surface area (Å²) in [5.74, 6) is -2.72. The Bertz CT molecular complexity index is 1080. The van der Waals surface area contributed by atoms with Crippen molar-refractivity contribution in [1.29, 1.82) is 0 Å². The molecule has 0 aromatic heterocycles. The first-order chi connectivity index (χ1) is 15.8. The molecule has 0 spiro atoms. The molecule has 184 valence electrons. The number of hydrogen-bond acceptors (Lipinski definition) is 4. The third kappa shape index (κ3) is 8.06. The third-order valence-corrected chi connectivity index (χ3v) is 6.02. The minimum absolute atomic E-state index is 0.346. The zero-order valence-corrected chi connectivity index (χ0v) is 21.2. The van der Waals surface area contributed by atoms with Crippen LogP contribution in [0.4, 0.5) is 15.8 Å². The van der Waals surface area contributed by atoms with Crippen LogP contribution in [0.5, 0.6) is 0 Å². The molecule has 0 aliphatic carbocycles. The molecule has 2 atom stereocenters. The van der Waals surface area contributed by atoms with Gasteiger partial charge in [-0.05, 0) is 83.0 Å². The van der Waals surface area contributed by atoms with Gasteiger partial charge in [0.25, 0.3) is 0 Å². The molecule has 2 unspecified atom stereocenters.